The monoisotopic (exact) mass is 434 g/mol. The summed E-state index contributed by atoms with van der Waals surface area (Å²) in [5.41, 5.74) is 1.37. The van der Waals surface area contributed by atoms with Gasteiger partial charge in [0.25, 0.3) is 15.9 Å². The molecule has 0 unspecified atom stereocenters. The van der Waals surface area contributed by atoms with Crippen molar-refractivity contribution in [1.29, 1.82) is 0 Å². The van der Waals surface area contributed by atoms with Crippen molar-refractivity contribution in [3.63, 3.8) is 0 Å². The fourth-order valence-corrected chi connectivity index (χ4v) is 3.90. The van der Waals surface area contributed by atoms with Crippen LogP contribution in [0.3, 0.4) is 0 Å². The third kappa shape index (κ3) is 4.96. The van der Waals surface area contributed by atoms with E-state index >= 15 is 0 Å². The van der Waals surface area contributed by atoms with Crippen LogP contribution in [0, 0.1) is 0 Å². The van der Waals surface area contributed by atoms with Gasteiger partial charge in [-0.15, -0.1) is 0 Å². The van der Waals surface area contributed by atoms with Gasteiger partial charge in [-0.1, -0.05) is 59.8 Å². The molecule has 0 saturated carbocycles. The maximum atomic E-state index is 12.5. The molecule has 4 rings (SSSR count). The van der Waals surface area contributed by atoms with Crippen molar-refractivity contribution in [3.8, 4) is 11.4 Å². The molecular weight excluding hydrogens is 416 g/mol. The van der Waals surface area contributed by atoms with Crippen molar-refractivity contribution in [2.75, 3.05) is 4.72 Å². The molecule has 1 heterocycles. The molecule has 8 nitrogen and oxygen atoms in total. The van der Waals surface area contributed by atoms with E-state index in [0.717, 1.165) is 5.56 Å². The van der Waals surface area contributed by atoms with E-state index in [2.05, 4.69) is 20.2 Å². The SMILES string of the molecule is O=C(NCc1nc(-c2ccccc2)no1)c1cccc(NS(=O)(=O)c2ccccc2)c1. The second kappa shape index (κ2) is 8.80. The minimum absolute atomic E-state index is 0.0403. The summed E-state index contributed by atoms with van der Waals surface area (Å²) >= 11 is 0. The summed E-state index contributed by atoms with van der Waals surface area (Å²) in [6.07, 6.45) is 0. The van der Waals surface area contributed by atoms with Crippen molar-refractivity contribution in [3.05, 3.63) is 96.4 Å². The van der Waals surface area contributed by atoms with Crippen LogP contribution in [0.2, 0.25) is 0 Å². The maximum Gasteiger partial charge on any atom is 0.261 e. The first kappa shape index (κ1) is 20.3. The average Bonchev–Trinajstić information content (AvgIpc) is 3.28. The van der Waals surface area contributed by atoms with Crippen molar-refractivity contribution < 1.29 is 17.7 Å². The van der Waals surface area contributed by atoms with E-state index in [1.54, 1.807) is 36.4 Å². The number of rotatable bonds is 7. The lowest BCUT2D eigenvalue weighted by Crippen LogP contribution is -2.23. The number of aromatic nitrogens is 2. The van der Waals surface area contributed by atoms with Gasteiger partial charge < -0.3 is 9.84 Å². The molecular formula is C22H18N4O4S. The lowest BCUT2D eigenvalue weighted by molar-refractivity contribution is 0.0946. The molecule has 0 aliphatic rings. The normalized spacial score (nSPS) is 11.1. The van der Waals surface area contributed by atoms with Gasteiger partial charge in [-0.25, -0.2) is 8.42 Å². The number of benzene rings is 3. The van der Waals surface area contributed by atoms with Crippen LogP contribution in [0.5, 0.6) is 0 Å². The maximum absolute atomic E-state index is 12.5. The second-order valence-electron chi connectivity index (χ2n) is 6.56. The Hall–Kier alpha value is -3.98. The van der Waals surface area contributed by atoms with Crippen molar-refractivity contribution in [2.24, 2.45) is 0 Å². The Bertz CT molecular complexity index is 1290. The number of amides is 1. The third-order valence-electron chi connectivity index (χ3n) is 4.33. The highest BCUT2D eigenvalue weighted by Gasteiger charge is 2.15. The predicted molar refractivity (Wildman–Crippen MR) is 115 cm³/mol. The fourth-order valence-electron chi connectivity index (χ4n) is 2.83. The molecule has 0 aliphatic carbocycles. The summed E-state index contributed by atoms with van der Waals surface area (Å²) in [6.45, 7) is 0.0403. The lowest BCUT2D eigenvalue weighted by atomic mass is 10.2. The molecule has 0 radical (unpaired) electrons. The molecule has 3 aromatic carbocycles. The van der Waals surface area contributed by atoms with Gasteiger partial charge in [0.1, 0.15) is 0 Å². The third-order valence-corrected chi connectivity index (χ3v) is 5.73. The summed E-state index contributed by atoms with van der Waals surface area (Å²) in [5, 5.41) is 6.60. The molecule has 1 amide bonds. The van der Waals surface area contributed by atoms with E-state index in [1.165, 1.54) is 18.2 Å². The van der Waals surface area contributed by atoms with Gasteiger partial charge in [-0.2, -0.15) is 4.98 Å². The molecule has 0 saturated heterocycles. The number of hydrogen-bond acceptors (Lipinski definition) is 6. The first-order chi connectivity index (χ1) is 15.0. The quantitative estimate of drug-likeness (QED) is 0.460. The van der Waals surface area contributed by atoms with Crippen LogP contribution in [0.1, 0.15) is 16.2 Å². The minimum atomic E-state index is -3.75. The number of nitrogens with zero attached hydrogens (tertiary/aromatic N) is 2. The molecule has 0 aliphatic heterocycles. The van der Waals surface area contributed by atoms with Gasteiger partial charge in [0.15, 0.2) is 0 Å². The second-order valence-corrected chi connectivity index (χ2v) is 8.24. The first-order valence-electron chi connectivity index (χ1n) is 9.35. The van der Waals surface area contributed by atoms with Gasteiger partial charge in [-0.05, 0) is 30.3 Å². The van der Waals surface area contributed by atoms with E-state index in [1.807, 2.05) is 30.3 Å². The largest absolute Gasteiger partial charge is 0.343 e. The van der Waals surface area contributed by atoms with Crippen LogP contribution in [0.15, 0.2) is 94.3 Å². The molecule has 0 spiro atoms. The number of carbonyl (C=O) groups excluding carboxylic acids is 1. The standard InChI is InChI=1S/C22H18N4O4S/c27-22(23-15-20-24-21(25-30-20)16-8-3-1-4-9-16)17-10-7-11-18(14-17)26-31(28,29)19-12-5-2-6-13-19/h1-14,26H,15H2,(H,23,27). The Morgan fingerprint density at radius 1 is 0.903 bits per heavy atom. The highest BCUT2D eigenvalue weighted by atomic mass is 32.2. The topological polar surface area (TPSA) is 114 Å². The zero-order valence-corrected chi connectivity index (χ0v) is 17.0. The van der Waals surface area contributed by atoms with Crippen molar-refractivity contribution >= 4 is 21.6 Å². The molecule has 9 heteroatoms. The molecule has 156 valence electrons. The Kier molecular flexibility index (Phi) is 5.76. The molecule has 31 heavy (non-hydrogen) atoms. The van der Waals surface area contributed by atoms with E-state index < -0.39 is 15.9 Å². The summed E-state index contributed by atoms with van der Waals surface area (Å²) in [7, 11) is -3.75. The summed E-state index contributed by atoms with van der Waals surface area (Å²) in [4.78, 5) is 16.9. The van der Waals surface area contributed by atoms with Crippen LogP contribution < -0.4 is 10.0 Å². The van der Waals surface area contributed by atoms with Crippen LogP contribution in [0.25, 0.3) is 11.4 Å². The first-order valence-corrected chi connectivity index (χ1v) is 10.8. The lowest BCUT2D eigenvalue weighted by Gasteiger charge is -2.09. The highest BCUT2D eigenvalue weighted by Crippen LogP contribution is 2.18. The van der Waals surface area contributed by atoms with E-state index in [9.17, 15) is 13.2 Å². The van der Waals surface area contributed by atoms with Gasteiger partial charge in [0.05, 0.1) is 11.4 Å². The average molecular weight is 434 g/mol. The molecule has 0 bridgehead atoms. The number of anilines is 1. The number of nitrogens with one attached hydrogen (secondary N) is 2. The molecule has 0 fully saturated rings. The van der Waals surface area contributed by atoms with E-state index in [0.29, 0.717) is 5.82 Å². The Labute approximate surface area is 179 Å². The highest BCUT2D eigenvalue weighted by molar-refractivity contribution is 7.92. The molecule has 1 aromatic heterocycles. The van der Waals surface area contributed by atoms with Crippen LogP contribution in [-0.4, -0.2) is 24.5 Å². The van der Waals surface area contributed by atoms with Crippen LogP contribution >= 0.6 is 0 Å². The number of sulfonamides is 1. The van der Waals surface area contributed by atoms with Crippen LogP contribution in [-0.2, 0) is 16.6 Å². The zero-order chi connectivity index (χ0) is 21.7. The van der Waals surface area contributed by atoms with Gasteiger partial charge in [0, 0.05) is 16.8 Å². The van der Waals surface area contributed by atoms with E-state index in [-0.39, 0.29) is 28.6 Å². The summed E-state index contributed by atoms with van der Waals surface area (Å²) in [5.74, 6) is 0.288. The number of hydrogen-bond donors (Lipinski definition) is 2. The minimum Gasteiger partial charge on any atom is -0.343 e. The molecule has 0 atom stereocenters. The Morgan fingerprint density at radius 2 is 1.61 bits per heavy atom. The summed E-state index contributed by atoms with van der Waals surface area (Å²) in [6, 6.07) is 23.5. The van der Waals surface area contributed by atoms with Crippen LogP contribution in [0.4, 0.5) is 5.69 Å². The van der Waals surface area contributed by atoms with Gasteiger partial charge in [0.2, 0.25) is 11.7 Å². The summed E-state index contributed by atoms with van der Waals surface area (Å²) < 4.78 is 32.6. The predicted octanol–water partition coefficient (Wildman–Crippen LogP) is 3.47. The smallest absolute Gasteiger partial charge is 0.261 e. The fraction of sp³-hybridized carbons (Fsp3) is 0.0455. The Balaban J connectivity index is 1.41. The Morgan fingerprint density at radius 3 is 2.35 bits per heavy atom. The molecule has 4 aromatic rings. The molecule has 2 N–H and O–H groups in total. The van der Waals surface area contributed by atoms with E-state index in [4.69, 9.17) is 4.52 Å². The van der Waals surface area contributed by atoms with Crippen molar-refractivity contribution in [2.45, 2.75) is 11.4 Å². The van der Waals surface area contributed by atoms with Gasteiger partial charge in [-0.3, -0.25) is 9.52 Å². The zero-order valence-electron chi connectivity index (χ0n) is 16.2. The van der Waals surface area contributed by atoms with Crippen molar-refractivity contribution in [1.82, 2.24) is 15.5 Å². The number of carbonyl (C=O) groups is 1. The van der Waals surface area contributed by atoms with Gasteiger partial charge >= 0.3 is 0 Å².